The molecule has 0 spiro atoms. The van der Waals surface area contributed by atoms with Crippen LogP contribution < -0.4 is 16.2 Å². The molecule has 1 aliphatic heterocycles. The number of rotatable bonds is 8. The van der Waals surface area contributed by atoms with E-state index in [0.717, 1.165) is 19.3 Å². The highest BCUT2D eigenvalue weighted by Crippen LogP contribution is 2.23. The quantitative estimate of drug-likeness (QED) is 0.468. The van der Waals surface area contributed by atoms with Gasteiger partial charge in [-0.25, -0.2) is 9.37 Å². The summed E-state index contributed by atoms with van der Waals surface area (Å²) in [5.74, 6) is -1.24. The summed E-state index contributed by atoms with van der Waals surface area (Å²) in [5, 5.41) is 16.1. The van der Waals surface area contributed by atoms with Crippen molar-refractivity contribution in [2.24, 2.45) is 0 Å². The smallest absolute Gasteiger partial charge is 0.296 e. The summed E-state index contributed by atoms with van der Waals surface area (Å²) in [6.45, 7) is 6.74. The van der Waals surface area contributed by atoms with Gasteiger partial charge in [-0.15, -0.1) is 0 Å². The molecular formula is C20H27FN4O3. The van der Waals surface area contributed by atoms with Crippen molar-refractivity contribution in [2.75, 3.05) is 13.1 Å². The van der Waals surface area contributed by atoms with E-state index in [1.54, 1.807) is 6.08 Å². The van der Waals surface area contributed by atoms with Crippen LogP contribution in [0.1, 0.15) is 55.0 Å². The second-order valence-electron chi connectivity index (χ2n) is 6.46. The normalized spacial score (nSPS) is 17.2. The Balaban J connectivity index is 2.15. The number of halogens is 1. The van der Waals surface area contributed by atoms with Crippen LogP contribution in [0.15, 0.2) is 41.5 Å². The van der Waals surface area contributed by atoms with E-state index < -0.39 is 23.0 Å². The van der Waals surface area contributed by atoms with Crippen molar-refractivity contribution in [1.29, 1.82) is 0 Å². The summed E-state index contributed by atoms with van der Waals surface area (Å²) >= 11 is 0. The highest BCUT2D eigenvalue weighted by atomic mass is 19.1. The molecule has 1 unspecified atom stereocenters. The zero-order valence-electron chi connectivity index (χ0n) is 16.1. The Labute approximate surface area is 163 Å². The van der Waals surface area contributed by atoms with Crippen LogP contribution in [0.5, 0.6) is 5.75 Å². The van der Waals surface area contributed by atoms with Gasteiger partial charge in [0, 0.05) is 13.1 Å². The Kier molecular flexibility index (Phi) is 8.13. The molecule has 8 heteroatoms. The fourth-order valence-corrected chi connectivity index (χ4v) is 3.11. The predicted octanol–water partition coefficient (Wildman–Crippen LogP) is 2.50. The third-order valence-electron chi connectivity index (χ3n) is 4.43. The van der Waals surface area contributed by atoms with Crippen LogP contribution in [0, 0.1) is 0 Å². The minimum atomic E-state index is -0.645. The molecular weight excluding hydrogens is 363 g/mol. The maximum atomic E-state index is 13.2. The maximum Gasteiger partial charge on any atom is 0.296 e. The molecule has 1 aromatic rings. The highest BCUT2D eigenvalue weighted by molar-refractivity contribution is 5.94. The van der Waals surface area contributed by atoms with E-state index in [4.69, 9.17) is 0 Å². The molecule has 3 N–H and O–H groups in total. The van der Waals surface area contributed by atoms with Crippen LogP contribution in [-0.2, 0) is 6.54 Å². The van der Waals surface area contributed by atoms with Crippen molar-refractivity contribution in [2.45, 2.75) is 45.2 Å². The lowest BCUT2D eigenvalue weighted by molar-refractivity contribution is 0.0945. The fourth-order valence-electron chi connectivity index (χ4n) is 3.11. The number of hydrogen-bond donors (Lipinski definition) is 3. The Morgan fingerprint density at radius 2 is 2.25 bits per heavy atom. The summed E-state index contributed by atoms with van der Waals surface area (Å²) in [6.07, 6.45) is 8.33. The molecule has 0 bridgehead atoms. The van der Waals surface area contributed by atoms with Gasteiger partial charge in [-0.05, 0) is 44.4 Å². The van der Waals surface area contributed by atoms with Gasteiger partial charge in [-0.3, -0.25) is 14.2 Å². The van der Waals surface area contributed by atoms with E-state index in [-0.39, 0.29) is 18.3 Å². The zero-order chi connectivity index (χ0) is 20.5. The van der Waals surface area contributed by atoms with Crippen LogP contribution in [0.25, 0.3) is 0 Å². The Morgan fingerprint density at radius 1 is 1.46 bits per heavy atom. The minimum absolute atomic E-state index is 0.144. The molecule has 7 nitrogen and oxygen atoms in total. The third-order valence-corrected chi connectivity index (χ3v) is 4.43. The van der Waals surface area contributed by atoms with E-state index in [9.17, 15) is 19.1 Å². The number of allylic oxidation sites excluding steroid dienone is 4. The molecule has 0 aliphatic carbocycles. The van der Waals surface area contributed by atoms with Crippen molar-refractivity contribution in [1.82, 2.24) is 20.2 Å². The van der Waals surface area contributed by atoms with Gasteiger partial charge in [0.2, 0.25) is 5.75 Å². The average molecular weight is 390 g/mol. The van der Waals surface area contributed by atoms with Crippen LogP contribution in [0.4, 0.5) is 4.39 Å². The van der Waals surface area contributed by atoms with E-state index in [2.05, 4.69) is 22.2 Å². The zero-order valence-corrected chi connectivity index (χ0v) is 16.1. The number of nitrogens with one attached hydrogen (secondary N) is 2. The minimum Gasteiger partial charge on any atom is -0.501 e. The van der Waals surface area contributed by atoms with Crippen molar-refractivity contribution < 1.29 is 14.3 Å². The van der Waals surface area contributed by atoms with Gasteiger partial charge in [-0.2, -0.15) is 0 Å². The largest absolute Gasteiger partial charge is 0.501 e. The van der Waals surface area contributed by atoms with Crippen molar-refractivity contribution in [3.63, 3.8) is 0 Å². The number of fused-ring (bicyclic) bond motifs is 1. The van der Waals surface area contributed by atoms with Crippen LogP contribution in [-0.4, -0.2) is 33.7 Å². The van der Waals surface area contributed by atoms with Gasteiger partial charge in [0.15, 0.2) is 5.69 Å². The van der Waals surface area contributed by atoms with Gasteiger partial charge in [-0.1, -0.05) is 25.7 Å². The van der Waals surface area contributed by atoms with Gasteiger partial charge >= 0.3 is 0 Å². The number of amides is 1. The molecule has 0 saturated heterocycles. The summed E-state index contributed by atoms with van der Waals surface area (Å²) in [6, 6.07) is -0.144. The first-order valence-corrected chi connectivity index (χ1v) is 9.49. The van der Waals surface area contributed by atoms with Crippen LogP contribution in [0.3, 0.4) is 0 Å². The van der Waals surface area contributed by atoms with Crippen LogP contribution >= 0.6 is 0 Å². The monoisotopic (exact) mass is 390 g/mol. The van der Waals surface area contributed by atoms with Gasteiger partial charge in [0.05, 0.1) is 6.04 Å². The number of nitrogens with zero attached hydrogens (tertiary/aromatic N) is 2. The molecule has 0 fully saturated rings. The molecule has 1 amide bonds. The molecule has 1 aromatic heterocycles. The molecule has 28 heavy (non-hydrogen) atoms. The number of hydrogen-bond acceptors (Lipinski definition) is 5. The van der Waals surface area contributed by atoms with E-state index in [1.165, 1.54) is 22.8 Å². The lowest BCUT2D eigenvalue weighted by Crippen LogP contribution is -2.34. The third kappa shape index (κ3) is 5.39. The van der Waals surface area contributed by atoms with Gasteiger partial charge < -0.3 is 15.7 Å². The van der Waals surface area contributed by atoms with Crippen LogP contribution in [0.2, 0.25) is 0 Å². The lowest BCUT2D eigenvalue weighted by Gasteiger charge is -2.19. The Hall–Kier alpha value is -2.74. The van der Waals surface area contributed by atoms with Gasteiger partial charge in [0.1, 0.15) is 11.7 Å². The highest BCUT2D eigenvalue weighted by Gasteiger charge is 2.26. The maximum absolute atomic E-state index is 13.2. The SMILES string of the molecule is C=CC=C(F)C=CCCNC(=O)c1nc2n(c(=O)c1O)CCCCC2NCC. The van der Waals surface area contributed by atoms with Crippen molar-refractivity contribution >= 4 is 5.91 Å². The molecule has 0 radical (unpaired) electrons. The topological polar surface area (TPSA) is 96.2 Å². The second-order valence-corrected chi connectivity index (χ2v) is 6.46. The van der Waals surface area contributed by atoms with Crippen molar-refractivity contribution in [3.05, 3.63) is 58.6 Å². The summed E-state index contributed by atoms with van der Waals surface area (Å²) in [5.41, 5.74) is -0.876. The predicted molar refractivity (Wildman–Crippen MR) is 106 cm³/mol. The number of carbonyl (C=O) groups is 1. The first-order chi connectivity index (χ1) is 13.5. The standard InChI is InChI=1S/C20H27FN4O3/c1-3-9-14(21)10-5-7-12-23-19(27)16-17(26)20(28)25-13-8-6-11-15(22-4-2)18(25)24-16/h3,5,9-10,15,22,26H,1,4,6-8,11-13H2,2H3,(H,23,27). The molecule has 2 rings (SSSR count). The lowest BCUT2D eigenvalue weighted by atomic mass is 10.1. The first-order valence-electron chi connectivity index (χ1n) is 9.49. The Bertz CT molecular complexity index is 829. The summed E-state index contributed by atoms with van der Waals surface area (Å²) in [7, 11) is 0. The number of aromatic hydroxyl groups is 1. The molecule has 1 aliphatic rings. The second kappa shape index (κ2) is 10.6. The van der Waals surface area contributed by atoms with E-state index in [1.807, 2.05) is 6.92 Å². The summed E-state index contributed by atoms with van der Waals surface area (Å²) < 4.78 is 14.6. The van der Waals surface area contributed by atoms with E-state index >= 15 is 0 Å². The summed E-state index contributed by atoms with van der Waals surface area (Å²) in [4.78, 5) is 29.3. The molecule has 0 saturated carbocycles. The van der Waals surface area contributed by atoms with Gasteiger partial charge in [0.25, 0.3) is 11.5 Å². The molecule has 0 aromatic carbocycles. The first kappa shape index (κ1) is 21.6. The molecule has 152 valence electrons. The Morgan fingerprint density at radius 3 is 2.96 bits per heavy atom. The van der Waals surface area contributed by atoms with Crippen molar-refractivity contribution in [3.8, 4) is 5.75 Å². The molecule has 2 heterocycles. The molecule has 1 atom stereocenters. The number of carbonyl (C=O) groups excluding carboxylic acids is 1. The fraction of sp³-hybridized carbons (Fsp3) is 0.450. The number of aromatic nitrogens is 2. The van der Waals surface area contributed by atoms with E-state index in [0.29, 0.717) is 25.3 Å². The average Bonchev–Trinajstić information content (AvgIpc) is 2.87.